The van der Waals surface area contributed by atoms with E-state index in [1.54, 1.807) is 0 Å². The third-order valence-corrected chi connectivity index (χ3v) is 6.60. The first kappa shape index (κ1) is 14.5. The number of rotatable bonds is 2. The summed E-state index contributed by atoms with van der Waals surface area (Å²) >= 11 is 1.81. The average molecular weight is 294 g/mol. The van der Waals surface area contributed by atoms with E-state index >= 15 is 0 Å². The Morgan fingerprint density at radius 1 is 1.25 bits per heavy atom. The topological polar surface area (TPSA) is 48.1 Å². The zero-order chi connectivity index (χ0) is 14.4. The van der Waals surface area contributed by atoms with Crippen LogP contribution in [0.1, 0.15) is 74.0 Å². The van der Waals surface area contributed by atoms with Gasteiger partial charge >= 0.3 is 0 Å². The van der Waals surface area contributed by atoms with Crippen molar-refractivity contribution in [2.75, 3.05) is 7.11 Å². The van der Waals surface area contributed by atoms with Gasteiger partial charge in [-0.1, -0.05) is 13.8 Å². The monoisotopic (exact) mass is 294 g/mol. The molecule has 0 aliphatic heterocycles. The molecule has 0 spiro atoms. The van der Waals surface area contributed by atoms with Gasteiger partial charge in [-0.15, -0.1) is 11.3 Å². The molecule has 1 fully saturated rings. The van der Waals surface area contributed by atoms with Gasteiger partial charge in [-0.25, -0.2) is 4.98 Å². The van der Waals surface area contributed by atoms with E-state index in [0.29, 0.717) is 5.41 Å². The number of hydrogen-bond acceptors (Lipinski definition) is 4. The summed E-state index contributed by atoms with van der Waals surface area (Å²) in [5, 5.41) is 1.18. The highest BCUT2D eigenvalue weighted by Gasteiger charge is 2.42. The molecular formula is C16H26N2OS. The van der Waals surface area contributed by atoms with Crippen LogP contribution in [0.25, 0.3) is 0 Å². The number of aryl methyl sites for hydroxylation is 1. The van der Waals surface area contributed by atoms with E-state index in [1.807, 2.05) is 18.4 Å². The second-order valence-corrected chi connectivity index (χ2v) is 8.22. The average Bonchev–Trinajstić information content (AvgIpc) is 2.85. The molecule has 0 amide bonds. The van der Waals surface area contributed by atoms with Gasteiger partial charge in [0.25, 0.3) is 0 Å². The van der Waals surface area contributed by atoms with Crippen molar-refractivity contribution in [1.82, 2.24) is 4.98 Å². The fraction of sp³-hybridized carbons (Fsp3) is 0.812. The highest BCUT2D eigenvalue weighted by molar-refractivity contribution is 7.12. The summed E-state index contributed by atoms with van der Waals surface area (Å²) in [6.07, 6.45) is 7.93. The van der Waals surface area contributed by atoms with Gasteiger partial charge in [0.05, 0.1) is 5.69 Å². The predicted molar refractivity (Wildman–Crippen MR) is 82.9 cm³/mol. The number of aromatic nitrogens is 1. The third kappa shape index (κ3) is 2.42. The van der Waals surface area contributed by atoms with Crippen LogP contribution in [-0.4, -0.2) is 12.1 Å². The molecule has 4 heteroatoms. The molecule has 0 saturated heterocycles. The zero-order valence-corrected chi connectivity index (χ0v) is 13.7. The van der Waals surface area contributed by atoms with E-state index in [4.69, 9.17) is 15.5 Å². The van der Waals surface area contributed by atoms with Crippen molar-refractivity contribution in [3.63, 3.8) is 0 Å². The summed E-state index contributed by atoms with van der Waals surface area (Å²) in [7, 11) is 1.85. The van der Waals surface area contributed by atoms with Crippen LogP contribution in [0.5, 0.6) is 0 Å². The molecule has 1 unspecified atom stereocenters. The molecular weight excluding hydrogens is 268 g/mol. The number of nitrogens with two attached hydrogens (primary N) is 1. The quantitative estimate of drug-likeness (QED) is 0.899. The summed E-state index contributed by atoms with van der Waals surface area (Å²) in [6.45, 7) is 4.71. The van der Waals surface area contributed by atoms with Crippen LogP contribution in [-0.2, 0) is 16.8 Å². The molecule has 3 nitrogen and oxygen atoms in total. The lowest BCUT2D eigenvalue weighted by molar-refractivity contribution is -0.0668. The maximum atomic E-state index is 6.25. The van der Waals surface area contributed by atoms with Gasteiger partial charge in [0, 0.05) is 18.0 Å². The SMILES string of the molecule is COC1(c2nc3c(s2)C(N)CCC3)CCC(C)(C)CC1. The molecule has 2 aliphatic rings. The predicted octanol–water partition coefficient (Wildman–Crippen LogP) is 3.92. The minimum absolute atomic E-state index is 0.156. The van der Waals surface area contributed by atoms with Crippen molar-refractivity contribution >= 4 is 11.3 Å². The van der Waals surface area contributed by atoms with Gasteiger partial charge < -0.3 is 10.5 Å². The summed E-state index contributed by atoms with van der Waals surface area (Å²) < 4.78 is 5.98. The molecule has 1 heterocycles. The molecule has 1 aromatic heterocycles. The molecule has 2 N–H and O–H groups in total. The van der Waals surface area contributed by atoms with Crippen LogP contribution >= 0.6 is 11.3 Å². The maximum absolute atomic E-state index is 6.25. The minimum atomic E-state index is -0.156. The fourth-order valence-electron chi connectivity index (χ4n) is 3.48. The lowest BCUT2D eigenvalue weighted by atomic mass is 9.71. The number of thiazole rings is 1. The van der Waals surface area contributed by atoms with Crippen LogP contribution in [0, 0.1) is 5.41 Å². The van der Waals surface area contributed by atoms with E-state index in [0.717, 1.165) is 25.7 Å². The molecule has 112 valence electrons. The van der Waals surface area contributed by atoms with E-state index in [9.17, 15) is 0 Å². The Bertz CT molecular complexity index is 485. The molecule has 20 heavy (non-hydrogen) atoms. The van der Waals surface area contributed by atoms with Crippen molar-refractivity contribution in [3.05, 3.63) is 15.6 Å². The Balaban J connectivity index is 1.91. The van der Waals surface area contributed by atoms with Gasteiger partial charge in [-0.3, -0.25) is 0 Å². The fourth-order valence-corrected chi connectivity index (χ4v) is 4.86. The summed E-state index contributed by atoms with van der Waals surface area (Å²) in [5.41, 5.74) is 7.77. The van der Waals surface area contributed by atoms with Gasteiger partial charge in [-0.2, -0.15) is 0 Å². The molecule has 3 rings (SSSR count). The Kier molecular flexibility index (Phi) is 3.68. The van der Waals surface area contributed by atoms with E-state index in [2.05, 4.69) is 13.8 Å². The number of hydrogen-bond donors (Lipinski definition) is 1. The number of nitrogens with zero attached hydrogens (tertiary/aromatic N) is 1. The zero-order valence-electron chi connectivity index (χ0n) is 12.9. The van der Waals surface area contributed by atoms with E-state index in [1.165, 1.54) is 34.8 Å². The Morgan fingerprint density at radius 2 is 1.95 bits per heavy atom. The Morgan fingerprint density at radius 3 is 2.55 bits per heavy atom. The second-order valence-electron chi connectivity index (χ2n) is 7.19. The smallest absolute Gasteiger partial charge is 0.125 e. The Labute approximate surface area is 125 Å². The molecule has 2 aliphatic carbocycles. The minimum Gasteiger partial charge on any atom is -0.371 e. The first-order chi connectivity index (χ1) is 9.46. The van der Waals surface area contributed by atoms with Gasteiger partial charge in [-0.05, 0) is 50.4 Å². The van der Waals surface area contributed by atoms with Crippen LogP contribution in [0.15, 0.2) is 0 Å². The van der Waals surface area contributed by atoms with Crippen molar-refractivity contribution < 1.29 is 4.74 Å². The molecule has 0 aromatic carbocycles. The lowest BCUT2D eigenvalue weighted by Gasteiger charge is -2.41. The Hall–Kier alpha value is -0.450. The van der Waals surface area contributed by atoms with Crippen molar-refractivity contribution in [3.8, 4) is 0 Å². The maximum Gasteiger partial charge on any atom is 0.125 e. The first-order valence-electron chi connectivity index (χ1n) is 7.77. The largest absolute Gasteiger partial charge is 0.371 e. The van der Waals surface area contributed by atoms with Crippen LogP contribution in [0.2, 0.25) is 0 Å². The normalized spacial score (nSPS) is 28.1. The van der Waals surface area contributed by atoms with Gasteiger partial charge in [0.15, 0.2) is 0 Å². The number of ether oxygens (including phenoxy) is 1. The van der Waals surface area contributed by atoms with E-state index < -0.39 is 0 Å². The summed E-state index contributed by atoms with van der Waals surface area (Å²) in [4.78, 5) is 6.24. The highest BCUT2D eigenvalue weighted by Crippen LogP contribution is 2.49. The van der Waals surface area contributed by atoms with Crippen LogP contribution < -0.4 is 5.73 Å². The third-order valence-electron chi connectivity index (χ3n) is 5.18. The summed E-state index contributed by atoms with van der Waals surface area (Å²) in [5.74, 6) is 0. The first-order valence-corrected chi connectivity index (χ1v) is 8.58. The van der Waals surface area contributed by atoms with Crippen molar-refractivity contribution in [2.24, 2.45) is 11.1 Å². The molecule has 1 atom stereocenters. The van der Waals surface area contributed by atoms with Crippen LogP contribution in [0.3, 0.4) is 0 Å². The summed E-state index contributed by atoms with van der Waals surface area (Å²) in [6, 6.07) is 0.193. The molecule has 0 radical (unpaired) electrons. The van der Waals surface area contributed by atoms with Gasteiger partial charge in [0.2, 0.25) is 0 Å². The molecule has 0 bridgehead atoms. The molecule has 1 aromatic rings. The number of methoxy groups -OCH3 is 1. The van der Waals surface area contributed by atoms with E-state index in [-0.39, 0.29) is 11.6 Å². The lowest BCUT2D eigenvalue weighted by Crippen LogP contribution is -2.36. The highest BCUT2D eigenvalue weighted by atomic mass is 32.1. The number of fused-ring (bicyclic) bond motifs is 1. The molecule has 1 saturated carbocycles. The van der Waals surface area contributed by atoms with Crippen molar-refractivity contribution in [1.29, 1.82) is 0 Å². The standard InChI is InChI=1S/C16H26N2OS/c1-15(2)7-9-16(19-3,10-8-15)14-18-12-6-4-5-11(17)13(12)20-14/h11H,4-10,17H2,1-3H3. The van der Waals surface area contributed by atoms with Crippen molar-refractivity contribution in [2.45, 2.75) is 70.4 Å². The van der Waals surface area contributed by atoms with Gasteiger partial charge in [0.1, 0.15) is 10.6 Å². The van der Waals surface area contributed by atoms with Crippen LogP contribution in [0.4, 0.5) is 0 Å². The second kappa shape index (κ2) is 5.08.